The summed E-state index contributed by atoms with van der Waals surface area (Å²) < 4.78 is 0. The van der Waals surface area contributed by atoms with Crippen LogP contribution in [-0.4, -0.2) is 17.4 Å². The molecular weight excluding hydrogens is 272 g/mol. The Morgan fingerprint density at radius 2 is 1.73 bits per heavy atom. The normalized spacial score (nSPS) is 10.4. The van der Waals surface area contributed by atoms with Crippen molar-refractivity contribution in [2.75, 3.05) is 12.3 Å². The largest absolute Gasteiger partial charge is 0.399 e. The number of aryl methyl sites for hydroxylation is 1. The highest BCUT2D eigenvalue weighted by atomic mass is 16.2. The van der Waals surface area contributed by atoms with Gasteiger partial charge in [0.25, 0.3) is 0 Å². The fraction of sp³-hybridized carbons (Fsp3) is 0.316. The Labute approximate surface area is 132 Å². The van der Waals surface area contributed by atoms with E-state index in [2.05, 4.69) is 19.1 Å². The molecule has 0 saturated heterocycles. The summed E-state index contributed by atoms with van der Waals surface area (Å²) in [6.07, 6.45) is 2.16. The van der Waals surface area contributed by atoms with Crippen molar-refractivity contribution >= 4 is 11.6 Å². The minimum absolute atomic E-state index is 0.189. The molecular formula is C19H24N2O. The summed E-state index contributed by atoms with van der Waals surface area (Å²) in [5.74, 6) is 0.189. The predicted molar refractivity (Wildman–Crippen MR) is 91.3 cm³/mol. The first kappa shape index (κ1) is 16.1. The van der Waals surface area contributed by atoms with Crippen LogP contribution in [-0.2, 0) is 17.8 Å². The van der Waals surface area contributed by atoms with Gasteiger partial charge in [0.1, 0.15) is 0 Å². The summed E-state index contributed by atoms with van der Waals surface area (Å²) in [7, 11) is 0. The van der Waals surface area contributed by atoms with Gasteiger partial charge in [-0.2, -0.15) is 0 Å². The maximum atomic E-state index is 12.5. The summed E-state index contributed by atoms with van der Waals surface area (Å²) in [6, 6.07) is 17.9. The number of hydrogen-bond donors (Lipinski definition) is 1. The third-order valence-corrected chi connectivity index (χ3v) is 3.73. The fourth-order valence-electron chi connectivity index (χ4n) is 2.53. The van der Waals surface area contributed by atoms with Gasteiger partial charge in [-0.3, -0.25) is 4.79 Å². The zero-order valence-electron chi connectivity index (χ0n) is 13.2. The number of anilines is 1. The van der Waals surface area contributed by atoms with E-state index in [4.69, 9.17) is 5.73 Å². The molecule has 22 heavy (non-hydrogen) atoms. The summed E-state index contributed by atoms with van der Waals surface area (Å²) in [4.78, 5) is 14.4. The summed E-state index contributed by atoms with van der Waals surface area (Å²) >= 11 is 0. The van der Waals surface area contributed by atoms with Crippen LogP contribution in [0, 0.1) is 0 Å². The molecule has 0 aliphatic heterocycles. The zero-order chi connectivity index (χ0) is 15.8. The molecule has 116 valence electrons. The molecule has 3 nitrogen and oxygen atoms in total. The molecule has 0 unspecified atom stereocenters. The second-order valence-electron chi connectivity index (χ2n) is 5.50. The molecule has 0 saturated carbocycles. The van der Waals surface area contributed by atoms with E-state index in [9.17, 15) is 4.79 Å². The average Bonchev–Trinajstić information content (AvgIpc) is 2.54. The lowest BCUT2D eigenvalue weighted by Gasteiger charge is -2.22. The first-order valence-electron chi connectivity index (χ1n) is 7.85. The van der Waals surface area contributed by atoms with Gasteiger partial charge in [-0.25, -0.2) is 0 Å². The lowest BCUT2D eigenvalue weighted by atomic mass is 10.1. The Bertz CT molecular complexity index is 595. The topological polar surface area (TPSA) is 46.3 Å². The molecule has 0 atom stereocenters. The number of carbonyl (C=O) groups is 1. The van der Waals surface area contributed by atoms with Crippen LogP contribution in [0.2, 0.25) is 0 Å². The molecule has 0 fully saturated rings. The standard InChI is InChI=1S/C19H24N2O/c1-2-14-21(15-16-8-4-3-5-9-16)19(22)13-12-17-10-6-7-11-18(17)20/h3-11H,2,12-15,20H2,1H3. The molecule has 0 aliphatic carbocycles. The molecule has 3 heteroatoms. The molecule has 2 rings (SSSR count). The highest BCUT2D eigenvalue weighted by Gasteiger charge is 2.13. The van der Waals surface area contributed by atoms with Gasteiger partial charge in [0.15, 0.2) is 0 Å². The van der Waals surface area contributed by atoms with Gasteiger partial charge in [-0.1, -0.05) is 55.5 Å². The summed E-state index contributed by atoms with van der Waals surface area (Å²) in [5, 5.41) is 0. The molecule has 2 aromatic carbocycles. The van der Waals surface area contributed by atoms with E-state index >= 15 is 0 Å². The Morgan fingerprint density at radius 1 is 1.05 bits per heavy atom. The maximum Gasteiger partial charge on any atom is 0.223 e. The summed E-state index contributed by atoms with van der Waals surface area (Å²) in [6.45, 7) is 3.57. The van der Waals surface area contributed by atoms with Crippen molar-refractivity contribution in [2.24, 2.45) is 0 Å². The number of benzene rings is 2. The smallest absolute Gasteiger partial charge is 0.223 e. The van der Waals surface area contributed by atoms with E-state index in [1.54, 1.807) is 0 Å². The van der Waals surface area contributed by atoms with Gasteiger partial charge in [0, 0.05) is 25.2 Å². The quantitative estimate of drug-likeness (QED) is 0.793. The van der Waals surface area contributed by atoms with Gasteiger partial charge in [0.2, 0.25) is 5.91 Å². The van der Waals surface area contributed by atoms with Crippen molar-refractivity contribution < 1.29 is 4.79 Å². The monoisotopic (exact) mass is 296 g/mol. The number of para-hydroxylation sites is 1. The molecule has 0 spiro atoms. The molecule has 2 N–H and O–H groups in total. The Kier molecular flexibility index (Phi) is 6.01. The Morgan fingerprint density at radius 3 is 2.41 bits per heavy atom. The minimum Gasteiger partial charge on any atom is -0.399 e. The van der Waals surface area contributed by atoms with E-state index in [1.165, 1.54) is 5.56 Å². The molecule has 0 radical (unpaired) electrons. The highest BCUT2D eigenvalue weighted by Crippen LogP contribution is 2.14. The second kappa shape index (κ2) is 8.23. The van der Waals surface area contributed by atoms with Crippen molar-refractivity contribution in [3.63, 3.8) is 0 Å². The van der Waals surface area contributed by atoms with E-state index in [0.717, 1.165) is 24.2 Å². The summed E-state index contributed by atoms with van der Waals surface area (Å²) in [5.41, 5.74) is 8.92. The molecule has 0 heterocycles. The molecule has 2 aromatic rings. The van der Waals surface area contributed by atoms with Gasteiger partial charge in [0.05, 0.1) is 0 Å². The van der Waals surface area contributed by atoms with Crippen LogP contribution in [0.3, 0.4) is 0 Å². The Balaban J connectivity index is 1.96. The minimum atomic E-state index is 0.189. The van der Waals surface area contributed by atoms with Crippen LogP contribution < -0.4 is 5.73 Å². The lowest BCUT2D eigenvalue weighted by Crippen LogP contribution is -2.31. The SMILES string of the molecule is CCCN(Cc1ccccc1)C(=O)CCc1ccccc1N. The number of carbonyl (C=O) groups excluding carboxylic acids is 1. The molecule has 1 amide bonds. The predicted octanol–water partition coefficient (Wildman–Crippen LogP) is 3.64. The van der Waals surface area contributed by atoms with E-state index in [0.29, 0.717) is 19.4 Å². The van der Waals surface area contributed by atoms with Gasteiger partial charge >= 0.3 is 0 Å². The average molecular weight is 296 g/mol. The maximum absolute atomic E-state index is 12.5. The van der Waals surface area contributed by atoms with Crippen molar-refractivity contribution in [2.45, 2.75) is 32.7 Å². The first-order chi connectivity index (χ1) is 10.7. The van der Waals surface area contributed by atoms with Crippen LogP contribution in [0.5, 0.6) is 0 Å². The van der Waals surface area contributed by atoms with E-state index in [1.807, 2.05) is 47.4 Å². The number of rotatable bonds is 7. The van der Waals surface area contributed by atoms with Crippen molar-refractivity contribution in [3.8, 4) is 0 Å². The van der Waals surface area contributed by atoms with Crippen LogP contribution in [0.4, 0.5) is 5.69 Å². The number of nitrogen functional groups attached to an aromatic ring is 1. The van der Waals surface area contributed by atoms with Crippen LogP contribution in [0.1, 0.15) is 30.9 Å². The molecule has 0 aromatic heterocycles. The first-order valence-corrected chi connectivity index (χ1v) is 7.85. The van der Waals surface area contributed by atoms with Crippen LogP contribution in [0.25, 0.3) is 0 Å². The van der Waals surface area contributed by atoms with Crippen molar-refractivity contribution in [3.05, 3.63) is 65.7 Å². The third-order valence-electron chi connectivity index (χ3n) is 3.73. The van der Waals surface area contributed by atoms with Crippen molar-refractivity contribution in [1.29, 1.82) is 0 Å². The Hall–Kier alpha value is -2.29. The highest BCUT2D eigenvalue weighted by molar-refractivity contribution is 5.76. The van der Waals surface area contributed by atoms with E-state index in [-0.39, 0.29) is 5.91 Å². The van der Waals surface area contributed by atoms with Crippen LogP contribution >= 0.6 is 0 Å². The molecule has 0 bridgehead atoms. The third kappa shape index (κ3) is 4.62. The second-order valence-corrected chi connectivity index (χ2v) is 5.50. The number of nitrogens with zero attached hydrogens (tertiary/aromatic N) is 1. The lowest BCUT2D eigenvalue weighted by molar-refractivity contribution is -0.131. The van der Waals surface area contributed by atoms with Gasteiger partial charge in [-0.15, -0.1) is 0 Å². The van der Waals surface area contributed by atoms with Gasteiger partial charge < -0.3 is 10.6 Å². The van der Waals surface area contributed by atoms with E-state index < -0.39 is 0 Å². The molecule has 0 aliphatic rings. The number of nitrogens with two attached hydrogens (primary N) is 1. The van der Waals surface area contributed by atoms with Gasteiger partial charge in [-0.05, 0) is 30.0 Å². The number of hydrogen-bond acceptors (Lipinski definition) is 2. The number of amides is 1. The fourth-order valence-corrected chi connectivity index (χ4v) is 2.53. The van der Waals surface area contributed by atoms with Crippen molar-refractivity contribution in [1.82, 2.24) is 4.90 Å². The zero-order valence-corrected chi connectivity index (χ0v) is 13.2. The van der Waals surface area contributed by atoms with Crippen LogP contribution in [0.15, 0.2) is 54.6 Å².